The van der Waals surface area contributed by atoms with Crippen molar-refractivity contribution in [2.75, 3.05) is 25.0 Å². The van der Waals surface area contributed by atoms with Gasteiger partial charge in [0.1, 0.15) is 5.15 Å². The molecule has 88 valence electrons. The first-order valence-electron chi connectivity index (χ1n) is 5.38. The molecule has 0 unspecified atom stereocenters. The van der Waals surface area contributed by atoms with Crippen molar-refractivity contribution in [1.29, 1.82) is 0 Å². The van der Waals surface area contributed by atoms with Gasteiger partial charge in [-0.05, 0) is 19.3 Å². The zero-order valence-electron chi connectivity index (χ0n) is 8.91. The Balaban J connectivity index is 1.78. The maximum Gasteiger partial charge on any atom is 0.241 e. The molecule has 1 amide bonds. The highest BCUT2D eigenvalue weighted by Gasteiger charge is 2.16. The van der Waals surface area contributed by atoms with Crippen molar-refractivity contribution in [3.05, 3.63) is 10.5 Å². The second-order valence-electron chi connectivity index (χ2n) is 3.77. The van der Waals surface area contributed by atoms with E-state index in [1.54, 1.807) is 5.38 Å². The molecule has 0 bridgehead atoms. The Hall–Kier alpha value is -0.810. The van der Waals surface area contributed by atoms with Gasteiger partial charge in [-0.3, -0.25) is 4.79 Å². The number of amides is 1. The van der Waals surface area contributed by atoms with Gasteiger partial charge in [-0.25, -0.2) is 4.98 Å². The van der Waals surface area contributed by atoms with Crippen LogP contribution in [0.2, 0.25) is 5.15 Å². The van der Waals surface area contributed by atoms with Gasteiger partial charge in [0, 0.05) is 18.5 Å². The van der Waals surface area contributed by atoms with Crippen molar-refractivity contribution in [3.8, 4) is 0 Å². The van der Waals surface area contributed by atoms with Crippen molar-refractivity contribution < 1.29 is 4.79 Å². The lowest BCUT2D eigenvalue weighted by molar-refractivity contribution is -0.130. The van der Waals surface area contributed by atoms with Crippen LogP contribution in [0.4, 0.5) is 5.13 Å². The van der Waals surface area contributed by atoms with Gasteiger partial charge in [0.05, 0.1) is 6.54 Å². The lowest BCUT2D eigenvalue weighted by atomic mass is 10.1. The summed E-state index contributed by atoms with van der Waals surface area (Å²) in [5.41, 5.74) is 0. The van der Waals surface area contributed by atoms with Gasteiger partial charge in [0.2, 0.25) is 5.91 Å². The number of aromatic nitrogens is 1. The summed E-state index contributed by atoms with van der Waals surface area (Å²) in [7, 11) is 0. The quantitative estimate of drug-likeness (QED) is 0.905. The van der Waals surface area contributed by atoms with Crippen molar-refractivity contribution >= 4 is 34.0 Å². The summed E-state index contributed by atoms with van der Waals surface area (Å²) in [5, 5.41) is 5.91. The Kier molecular flexibility index (Phi) is 4.01. The number of piperidine rings is 1. The molecule has 1 N–H and O–H groups in total. The van der Waals surface area contributed by atoms with E-state index in [-0.39, 0.29) is 5.91 Å². The molecular weight excluding hydrogens is 246 g/mol. The lowest BCUT2D eigenvalue weighted by Crippen LogP contribution is -2.39. The molecule has 0 saturated carbocycles. The van der Waals surface area contributed by atoms with Gasteiger partial charge in [0.25, 0.3) is 0 Å². The van der Waals surface area contributed by atoms with Gasteiger partial charge < -0.3 is 10.2 Å². The normalized spacial score (nSPS) is 16.2. The van der Waals surface area contributed by atoms with Gasteiger partial charge >= 0.3 is 0 Å². The molecule has 0 radical (unpaired) electrons. The van der Waals surface area contributed by atoms with Crippen LogP contribution in [0.5, 0.6) is 0 Å². The molecule has 0 aromatic carbocycles. The zero-order valence-corrected chi connectivity index (χ0v) is 10.5. The van der Waals surface area contributed by atoms with Crippen LogP contribution in [0.15, 0.2) is 5.38 Å². The highest BCUT2D eigenvalue weighted by atomic mass is 35.5. The van der Waals surface area contributed by atoms with E-state index >= 15 is 0 Å². The van der Waals surface area contributed by atoms with Crippen LogP contribution in [0.25, 0.3) is 0 Å². The smallest absolute Gasteiger partial charge is 0.241 e. The molecule has 1 aliphatic heterocycles. The number of halogens is 1. The minimum Gasteiger partial charge on any atom is -0.352 e. The summed E-state index contributed by atoms with van der Waals surface area (Å²) in [6, 6.07) is 0. The van der Waals surface area contributed by atoms with E-state index in [4.69, 9.17) is 11.6 Å². The summed E-state index contributed by atoms with van der Waals surface area (Å²) >= 11 is 7.10. The molecule has 1 aromatic heterocycles. The van der Waals surface area contributed by atoms with E-state index in [0.717, 1.165) is 25.9 Å². The number of hydrogen-bond acceptors (Lipinski definition) is 4. The number of rotatable bonds is 3. The van der Waals surface area contributed by atoms with Gasteiger partial charge in [-0.2, -0.15) is 0 Å². The van der Waals surface area contributed by atoms with Crippen molar-refractivity contribution in [2.45, 2.75) is 19.3 Å². The predicted octanol–water partition coefficient (Wildman–Crippen LogP) is 2.22. The van der Waals surface area contributed by atoms with Crippen LogP contribution in [0.1, 0.15) is 19.3 Å². The molecule has 1 aromatic rings. The topological polar surface area (TPSA) is 45.2 Å². The molecule has 16 heavy (non-hydrogen) atoms. The third-order valence-corrected chi connectivity index (χ3v) is 3.70. The SMILES string of the molecule is O=C(CNc1nc(Cl)cs1)N1CCCCC1. The van der Waals surface area contributed by atoms with E-state index in [1.807, 2.05) is 4.90 Å². The molecule has 1 fully saturated rings. The average molecular weight is 260 g/mol. The Labute approximate surface area is 104 Å². The van der Waals surface area contributed by atoms with Crippen molar-refractivity contribution in [1.82, 2.24) is 9.88 Å². The summed E-state index contributed by atoms with van der Waals surface area (Å²) < 4.78 is 0. The number of hydrogen-bond donors (Lipinski definition) is 1. The third kappa shape index (κ3) is 3.09. The molecule has 1 saturated heterocycles. The number of likely N-dealkylation sites (tertiary alicyclic amines) is 1. The molecule has 2 rings (SSSR count). The molecule has 6 heteroatoms. The number of carbonyl (C=O) groups is 1. The standard InChI is InChI=1S/C10H14ClN3OS/c11-8-7-16-10(13-8)12-6-9(15)14-4-2-1-3-5-14/h7H,1-6H2,(H,12,13). The third-order valence-electron chi connectivity index (χ3n) is 2.58. The van der Waals surface area contributed by atoms with Crippen molar-refractivity contribution in [3.63, 3.8) is 0 Å². The zero-order chi connectivity index (χ0) is 11.4. The fraction of sp³-hybridized carbons (Fsp3) is 0.600. The first kappa shape index (κ1) is 11.7. The number of nitrogens with zero attached hydrogens (tertiary/aromatic N) is 2. The van der Waals surface area contributed by atoms with Crippen LogP contribution >= 0.6 is 22.9 Å². The van der Waals surface area contributed by atoms with Crippen molar-refractivity contribution in [2.24, 2.45) is 0 Å². The second kappa shape index (κ2) is 5.50. The maximum atomic E-state index is 11.8. The highest BCUT2D eigenvalue weighted by molar-refractivity contribution is 7.14. The van der Waals surface area contributed by atoms with Gasteiger partial charge in [-0.15, -0.1) is 11.3 Å². The van der Waals surface area contributed by atoms with E-state index in [0.29, 0.717) is 16.8 Å². The summed E-state index contributed by atoms with van der Waals surface area (Å²) in [6.45, 7) is 2.09. The van der Waals surface area contributed by atoms with E-state index in [9.17, 15) is 4.79 Å². The Morgan fingerprint density at radius 3 is 2.88 bits per heavy atom. The molecular formula is C10H14ClN3OS. The summed E-state index contributed by atoms with van der Waals surface area (Å²) in [5.74, 6) is 0.144. The largest absolute Gasteiger partial charge is 0.352 e. The van der Waals surface area contributed by atoms with Crippen LogP contribution in [-0.4, -0.2) is 35.4 Å². The first-order chi connectivity index (χ1) is 7.75. The Bertz CT molecular complexity index is 363. The highest BCUT2D eigenvalue weighted by Crippen LogP contribution is 2.18. The van der Waals surface area contributed by atoms with E-state index in [2.05, 4.69) is 10.3 Å². The molecule has 4 nitrogen and oxygen atoms in total. The minimum absolute atomic E-state index is 0.144. The molecule has 0 aliphatic carbocycles. The van der Waals surface area contributed by atoms with E-state index < -0.39 is 0 Å². The first-order valence-corrected chi connectivity index (χ1v) is 6.64. The van der Waals surface area contributed by atoms with Gasteiger partial charge in [0.15, 0.2) is 5.13 Å². The Morgan fingerprint density at radius 2 is 2.25 bits per heavy atom. The molecule has 0 spiro atoms. The minimum atomic E-state index is 0.144. The lowest BCUT2D eigenvalue weighted by Gasteiger charge is -2.26. The van der Waals surface area contributed by atoms with Crippen LogP contribution in [0, 0.1) is 0 Å². The number of carbonyl (C=O) groups excluding carboxylic acids is 1. The van der Waals surface area contributed by atoms with Crippen LogP contribution in [0.3, 0.4) is 0 Å². The van der Waals surface area contributed by atoms with Crippen LogP contribution in [-0.2, 0) is 4.79 Å². The molecule has 2 heterocycles. The number of nitrogens with one attached hydrogen (secondary N) is 1. The van der Waals surface area contributed by atoms with Gasteiger partial charge in [-0.1, -0.05) is 11.6 Å². The molecule has 0 atom stereocenters. The van der Waals surface area contributed by atoms with E-state index in [1.165, 1.54) is 17.8 Å². The second-order valence-corrected chi connectivity index (χ2v) is 5.02. The monoisotopic (exact) mass is 259 g/mol. The summed E-state index contributed by atoms with van der Waals surface area (Å²) in [6.07, 6.45) is 3.48. The average Bonchev–Trinajstić information content (AvgIpc) is 2.73. The maximum absolute atomic E-state index is 11.8. The summed E-state index contributed by atoms with van der Waals surface area (Å²) in [4.78, 5) is 17.7. The fourth-order valence-corrected chi connectivity index (χ4v) is 2.58. The number of thiazole rings is 1. The van der Waals surface area contributed by atoms with Crippen LogP contribution < -0.4 is 5.32 Å². The predicted molar refractivity (Wildman–Crippen MR) is 66.0 cm³/mol. The fourth-order valence-electron chi connectivity index (χ4n) is 1.74. The Morgan fingerprint density at radius 1 is 1.50 bits per heavy atom. The molecule has 1 aliphatic rings. The number of anilines is 1.